The van der Waals surface area contributed by atoms with Gasteiger partial charge in [0.15, 0.2) is 18.2 Å². The van der Waals surface area contributed by atoms with Gasteiger partial charge in [-0.1, -0.05) is 12.2 Å². The summed E-state index contributed by atoms with van der Waals surface area (Å²) >= 11 is 5.58. The molecule has 0 saturated carbocycles. The minimum Gasteiger partial charge on any atom is -0.493 e. The lowest BCUT2D eigenvalue weighted by Gasteiger charge is -2.28. The fourth-order valence-electron chi connectivity index (χ4n) is 3.65. The molecule has 1 aromatic heterocycles. The van der Waals surface area contributed by atoms with Crippen molar-refractivity contribution in [2.24, 2.45) is 0 Å². The summed E-state index contributed by atoms with van der Waals surface area (Å²) in [6, 6.07) is 8.45. The predicted molar refractivity (Wildman–Crippen MR) is 102 cm³/mol. The van der Waals surface area contributed by atoms with Gasteiger partial charge in [-0.3, -0.25) is 4.57 Å². The molecular formula is C20H24N3O2S+. The topological polar surface area (TPSA) is 51.6 Å². The van der Waals surface area contributed by atoms with Crippen molar-refractivity contribution < 1.29 is 14.4 Å². The first-order chi connectivity index (χ1) is 12.5. The molecule has 0 amide bonds. The summed E-state index contributed by atoms with van der Waals surface area (Å²) < 4.78 is 13.6. The molecular weight excluding hydrogens is 346 g/mol. The molecule has 1 aliphatic rings. The Bertz CT molecular complexity index is 944. The summed E-state index contributed by atoms with van der Waals surface area (Å²) in [6.45, 7) is 6.66. The lowest BCUT2D eigenvalue weighted by Crippen LogP contribution is -3.11. The number of nitrogens with one attached hydrogen (secondary N) is 1. The van der Waals surface area contributed by atoms with E-state index in [2.05, 4.69) is 29.7 Å². The maximum atomic E-state index is 9.40. The molecule has 0 saturated heterocycles. The summed E-state index contributed by atoms with van der Waals surface area (Å²) in [5.41, 5.74) is 5.24. The van der Waals surface area contributed by atoms with E-state index in [1.54, 1.807) is 14.2 Å². The fourth-order valence-corrected chi connectivity index (χ4v) is 4.06. The smallest absolute Gasteiger partial charge is 0.161 e. The van der Waals surface area contributed by atoms with Crippen LogP contribution in [0.2, 0.25) is 0 Å². The lowest BCUT2D eigenvalue weighted by molar-refractivity contribution is -0.938. The summed E-state index contributed by atoms with van der Waals surface area (Å²) in [7, 11) is 3.33. The lowest BCUT2D eigenvalue weighted by atomic mass is 9.99. The van der Waals surface area contributed by atoms with Crippen LogP contribution in [0.5, 0.6) is 11.5 Å². The summed E-state index contributed by atoms with van der Waals surface area (Å²) in [5, 5.41) is 9.40. The van der Waals surface area contributed by atoms with Crippen LogP contribution in [0.15, 0.2) is 18.2 Å². The quantitative estimate of drug-likeness (QED) is 0.840. The second-order valence-electron chi connectivity index (χ2n) is 6.75. The standard InChI is InChI=1S/C20H23N3O2S/c1-13-7-14(2)23(20(26)17(13)10-21)12-22-6-5-15-8-18(24-3)19(25-4)9-16(15)11-22/h7-9H,5-6,11-12H2,1-4H3/p+1. The molecule has 1 unspecified atom stereocenters. The Hall–Kier alpha value is -2.36. The van der Waals surface area contributed by atoms with Crippen LogP contribution in [0.3, 0.4) is 0 Å². The first-order valence-corrected chi connectivity index (χ1v) is 9.07. The predicted octanol–water partition coefficient (Wildman–Crippen LogP) is 2.32. The third-order valence-corrected chi connectivity index (χ3v) is 5.52. The zero-order chi connectivity index (χ0) is 18.8. The molecule has 1 N–H and O–H groups in total. The van der Waals surface area contributed by atoms with Crippen molar-refractivity contribution in [2.45, 2.75) is 33.5 Å². The van der Waals surface area contributed by atoms with Gasteiger partial charge in [0.2, 0.25) is 0 Å². The van der Waals surface area contributed by atoms with Gasteiger partial charge < -0.3 is 14.4 Å². The molecule has 3 rings (SSSR count). The van der Waals surface area contributed by atoms with E-state index in [1.165, 1.54) is 16.0 Å². The Balaban J connectivity index is 1.89. The number of rotatable bonds is 4. The summed E-state index contributed by atoms with van der Waals surface area (Å²) in [5.74, 6) is 1.55. The highest BCUT2D eigenvalue weighted by Crippen LogP contribution is 2.31. The van der Waals surface area contributed by atoms with Crippen LogP contribution in [-0.2, 0) is 19.6 Å². The Morgan fingerprint density at radius 3 is 2.42 bits per heavy atom. The van der Waals surface area contributed by atoms with Crippen LogP contribution < -0.4 is 14.4 Å². The van der Waals surface area contributed by atoms with Gasteiger partial charge in [0, 0.05) is 17.7 Å². The van der Waals surface area contributed by atoms with Crippen LogP contribution >= 0.6 is 12.2 Å². The number of fused-ring (bicyclic) bond motifs is 1. The second kappa shape index (κ2) is 7.48. The van der Waals surface area contributed by atoms with E-state index in [1.807, 2.05) is 13.0 Å². The zero-order valence-corrected chi connectivity index (χ0v) is 16.5. The number of hydrogen-bond donors (Lipinski definition) is 1. The first kappa shape index (κ1) is 18.4. The van der Waals surface area contributed by atoms with Gasteiger partial charge in [-0.15, -0.1) is 0 Å². The van der Waals surface area contributed by atoms with E-state index in [-0.39, 0.29) is 0 Å². The second-order valence-corrected chi connectivity index (χ2v) is 7.14. The van der Waals surface area contributed by atoms with Crippen molar-refractivity contribution in [1.29, 1.82) is 5.26 Å². The minimum atomic E-state index is 0.605. The van der Waals surface area contributed by atoms with Crippen LogP contribution in [0.25, 0.3) is 0 Å². The molecule has 0 bridgehead atoms. The van der Waals surface area contributed by atoms with Crippen molar-refractivity contribution in [3.8, 4) is 17.6 Å². The molecule has 2 aromatic rings. The van der Waals surface area contributed by atoms with Crippen molar-refractivity contribution >= 4 is 12.2 Å². The van der Waals surface area contributed by atoms with E-state index >= 15 is 0 Å². The number of hydrogen-bond acceptors (Lipinski definition) is 4. The average molecular weight is 370 g/mol. The Morgan fingerprint density at radius 2 is 1.81 bits per heavy atom. The Kier molecular flexibility index (Phi) is 5.30. The van der Waals surface area contributed by atoms with Gasteiger partial charge in [0.05, 0.1) is 26.3 Å². The van der Waals surface area contributed by atoms with Crippen molar-refractivity contribution in [3.63, 3.8) is 0 Å². The van der Waals surface area contributed by atoms with E-state index in [0.29, 0.717) is 10.2 Å². The van der Waals surface area contributed by atoms with Gasteiger partial charge in [0.25, 0.3) is 0 Å². The molecule has 6 heteroatoms. The van der Waals surface area contributed by atoms with Crippen molar-refractivity contribution in [3.05, 3.63) is 50.8 Å². The van der Waals surface area contributed by atoms with E-state index < -0.39 is 0 Å². The van der Waals surface area contributed by atoms with Crippen LogP contribution in [-0.4, -0.2) is 25.3 Å². The SMILES string of the molecule is COc1cc2c(cc1OC)C[NH+](Cn1c(C)cc(C)c(C#N)c1=S)CC2. The van der Waals surface area contributed by atoms with Crippen LogP contribution in [0.4, 0.5) is 0 Å². The molecule has 1 atom stereocenters. The molecule has 26 heavy (non-hydrogen) atoms. The zero-order valence-electron chi connectivity index (χ0n) is 15.7. The minimum absolute atomic E-state index is 0.605. The van der Waals surface area contributed by atoms with Gasteiger partial charge >= 0.3 is 0 Å². The molecule has 2 heterocycles. The first-order valence-electron chi connectivity index (χ1n) is 8.67. The van der Waals surface area contributed by atoms with E-state index in [0.717, 1.165) is 48.9 Å². The van der Waals surface area contributed by atoms with Gasteiger partial charge in [-0.2, -0.15) is 5.26 Å². The van der Waals surface area contributed by atoms with E-state index in [4.69, 9.17) is 21.7 Å². The van der Waals surface area contributed by atoms with Crippen LogP contribution in [0.1, 0.15) is 27.9 Å². The number of quaternary nitrogens is 1. The van der Waals surface area contributed by atoms with Crippen molar-refractivity contribution in [1.82, 2.24) is 4.57 Å². The molecule has 0 spiro atoms. The molecule has 0 fully saturated rings. The molecule has 0 radical (unpaired) electrons. The van der Waals surface area contributed by atoms with Gasteiger partial charge in [-0.25, -0.2) is 0 Å². The monoisotopic (exact) mass is 370 g/mol. The Morgan fingerprint density at radius 1 is 1.15 bits per heavy atom. The van der Waals surface area contributed by atoms with E-state index in [9.17, 15) is 5.26 Å². The average Bonchev–Trinajstić information content (AvgIpc) is 2.64. The maximum Gasteiger partial charge on any atom is 0.161 e. The normalized spacial score (nSPS) is 15.9. The number of nitriles is 1. The number of benzene rings is 1. The third-order valence-electron chi connectivity index (χ3n) is 5.09. The summed E-state index contributed by atoms with van der Waals surface area (Å²) in [6.07, 6.45) is 0.981. The molecule has 136 valence electrons. The number of pyridine rings is 1. The number of aromatic nitrogens is 1. The van der Waals surface area contributed by atoms with Gasteiger partial charge in [0.1, 0.15) is 17.3 Å². The highest BCUT2D eigenvalue weighted by atomic mass is 32.1. The third kappa shape index (κ3) is 3.33. The molecule has 1 aliphatic heterocycles. The summed E-state index contributed by atoms with van der Waals surface area (Å²) in [4.78, 5) is 1.41. The molecule has 1 aromatic carbocycles. The number of aryl methyl sites for hydroxylation is 2. The number of methoxy groups -OCH3 is 2. The van der Waals surface area contributed by atoms with Crippen LogP contribution in [0, 0.1) is 29.8 Å². The Labute approximate surface area is 159 Å². The molecule has 5 nitrogen and oxygen atoms in total. The highest BCUT2D eigenvalue weighted by Gasteiger charge is 2.23. The molecule has 0 aliphatic carbocycles. The van der Waals surface area contributed by atoms with Gasteiger partial charge in [-0.05, 0) is 43.2 Å². The number of nitrogens with zero attached hydrogens (tertiary/aromatic N) is 2. The van der Waals surface area contributed by atoms with Crippen molar-refractivity contribution in [2.75, 3.05) is 20.8 Å². The highest BCUT2D eigenvalue weighted by molar-refractivity contribution is 7.71. The number of ether oxygens (including phenoxy) is 2. The maximum absolute atomic E-state index is 9.40. The largest absolute Gasteiger partial charge is 0.493 e. The fraction of sp³-hybridized carbons (Fsp3) is 0.400.